The van der Waals surface area contributed by atoms with Crippen molar-refractivity contribution in [3.05, 3.63) is 77.4 Å². The Hall–Kier alpha value is -3.14. The second kappa shape index (κ2) is 8.30. The van der Waals surface area contributed by atoms with Gasteiger partial charge in [0.05, 0.1) is 5.56 Å². The molecule has 0 unspecified atom stereocenters. The highest BCUT2D eigenvalue weighted by Gasteiger charge is 2.10. The SMILES string of the molecule is Cc1ccccc1CCNC(=O)COc1ccc2ccccc2c1C=O. The Balaban J connectivity index is 1.57. The van der Waals surface area contributed by atoms with Crippen LogP contribution in [0.2, 0.25) is 0 Å². The molecule has 0 heterocycles. The molecule has 3 rings (SSSR count). The Morgan fingerprint density at radius 3 is 2.62 bits per heavy atom. The lowest BCUT2D eigenvalue weighted by Crippen LogP contribution is -2.30. The van der Waals surface area contributed by atoms with E-state index in [0.29, 0.717) is 17.9 Å². The van der Waals surface area contributed by atoms with Crippen molar-refractivity contribution in [3.8, 4) is 5.75 Å². The van der Waals surface area contributed by atoms with E-state index in [9.17, 15) is 9.59 Å². The Morgan fingerprint density at radius 1 is 1.04 bits per heavy atom. The molecule has 0 saturated carbocycles. The van der Waals surface area contributed by atoms with Gasteiger partial charge in [-0.05, 0) is 41.3 Å². The van der Waals surface area contributed by atoms with E-state index in [-0.39, 0.29) is 12.5 Å². The molecule has 0 aromatic heterocycles. The first-order chi connectivity index (χ1) is 12.7. The fraction of sp³-hybridized carbons (Fsp3) is 0.182. The van der Waals surface area contributed by atoms with Gasteiger partial charge in [0.25, 0.3) is 5.91 Å². The number of hydrogen-bond donors (Lipinski definition) is 1. The zero-order valence-corrected chi connectivity index (χ0v) is 14.7. The Kier molecular flexibility index (Phi) is 5.64. The number of nitrogens with one attached hydrogen (secondary N) is 1. The number of aryl methyl sites for hydroxylation is 1. The van der Waals surface area contributed by atoms with Crippen molar-refractivity contribution in [3.63, 3.8) is 0 Å². The van der Waals surface area contributed by atoms with Crippen LogP contribution < -0.4 is 10.1 Å². The van der Waals surface area contributed by atoms with Gasteiger partial charge in [0, 0.05) is 6.54 Å². The summed E-state index contributed by atoms with van der Waals surface area (Å²) >= 11 is 0. The summed E-state index contributed by atoms with van der Waals surface area (Å²) in [5.41, 5.74) is 2.90. The number of amides is 1. The van der Waals surface area contributed by atoms with Crippen LogP contribution in [-0.4, -0.2) is 25.3 Å². The number of carbonyl (C=O) groups excluding carboxylic acids is 2. The fourth-order valence-electron chi connectivity index (χ4n) is 2.94. The van der Waals surface area contributed by atoms with Crippen molar-refractivity contribution in [1.29, 1.82) is 0 Å². The molecule has 4 nitrogen and oxygen atoms in total. The largest absolute Gasteiger partial charge is 0.483 e. The summed E-state index contributed by atoms with van der Waals surface area (Å²) in [4.78, 5) is 23.5. The normalized spacial score (nSPS) is 10.5. The zero-order valence-electron chi connectivity index (χ0n) is 14.7. The molecule has 0 radical (unpaired) electrons. The molecule has 3 aromatic carbocycles. The molecule has 3 aromatic rings. The van der Waals surface area contributed by atoms with Gasteiger partial charge in [-0.15, -0.1) is 0 Å². The van der Waals surface area contributed by atoms with Crippen LogP contribution in [0.25, 0.3) is 10.8 Å². The zero-order chi connectivity index (χ0) is 18.4. The Labute approximate surface area is 152 Å². The summed E-state index contributed by atoms with van der Waals surface area (Å²) in [6.07, 6.45) is 1.54. The minimum absolute atomic E-state index is 0.118. The molecule has 132 valence electrons. The number of rotatable bonds is 7. The molecule has 4 heteroatoms. The second-order valence-corrected chi connectivity index (χ2v) is 6.13. The van der Waals surface area contributed by atoms with Crippen molar-refractivity contribution in [2.75, 3.05) is 13.2 Å². The molecule has 0 fully saturated rings. The number of ether oxygens (including phenoxy) is 1. The summed E-state index contributed by atoms with van der Waals surface area (Å²) in [6.45, 7) is 2.49. The van der Waals surface area contributed by atoms with Gasteiger partial charge in [0.1, 0.15) is 5.75 Å². The van der Waals surface area contributed by atoms with Gasteiger partial charge < -0.3 is 10.1 Å². The molecule has 26 heavy (non-hydrogen) atoms. The molecule has 0 aliphatic rings. The van der Waals surface area contributed by atoms with E-state index in [1.165, 1.54) is 11.1 Å². The van der Waals surface area contributed by atoms with Crippen molar-refractivity contribution in [2.45, 2.75) is 13.3 Å². The summed E-state index contributed by atoms with van der Waals surface area (Å²) in [5, 5.41) is 4.63. The lowest BCUT2D eigenvalue weighted by atomic mass is 10.0. The van der Waals surface area contributed by atoms with Gasteiger partial charge in [-0.3, -0.25) is 9.59 Å². The predicted octanol–water partition coefficient (Wildman–Crippen LogP) is 3.70. The molecule has 0 bridgehead atoms. The van der Waals surface area contributed by atoms with Gasteiger partial charge in [0.15, 0.2) is 12.9 Å². The Morgan fingerprint density at radius 2 is 1.81 bits per heavy atom. The third-order valence-electron chi connectivity index (χ3n) is 4.39. The monoisotopic (exact) mass is 347 g/mol. The molecule has 1 amide bonds. The molecule has 0 saturated heterocycles. The van der Waals surface area contributed by atoms with Crippen LogP contribution in [-0.2, 0) is 11.2 Å². The minimum Gasteiger partial charge on any atom is -0.483 e. The highest BCUT2D eigenvalue weighted by atomic mass is 16.5. The molecular weight excluding hydrogens is 326 g/mol. The molecular formula is C22H21NO3. The summed E-state index contributed by atoms with van der Waals surface area (Å²) in [7, 11) is 0. The molecule has 1 N–H and O–H groups in total. The summed E-state index contributed by atoms with van der Waals surface area (Å²) < 4.78 is 5.58. The lowest BCUT2D eigenvalue weighted by Gasteiger charge is -2.11. The first-order valence-electron chi connectivity index (χ1n) is 8.60. The summed E-state index contributed by atoms with van der Waals surface area (Å²) in [6, 6.07) is 19.3. The highest BCUT2D eigenvalue weighted by molar-refractivity contribution is 6.00. The third-order valence-corrected chi connectivity index (χ3v) is 4.39. The van der Waals surface area contributed by atoms with Crippen LogP contribution in [0.1, 0.15) is 21.5 Å². The van der Waals surface area contributed by atoms with Crippen LogP contribution in [0.3, 0.4) is 0 Å². The van der Waals surface area contributed by atoms with E-state index in [0.717, 1.165) is 23.5 Å². The van der Waals surface area contributed by atoms with Crippen LogP contribution in [0.15, 0.2) is 60.7 Å². The number of carbonyl (C=O) groups is 2. The number of hydrogen-bond acceptors (Lipinski definition) is 3. The van der Waals surface area contributed by atoms with E-state index in [1.807, 2.05) is 42.5 Å². The Bertz CT molecular complexity index is 934. The topological polar surface area (TPSA) is 55.4 Å². The number of benzene rings is 3. The smallest absolute Gasteiger partial charge is 0.257 e. The van der Waals surface area contributed by atoms with E-state index in [4.69, 9.17) is 4.74 Å². The average molecular weight is 347 g/mol. The van der Waals surface area contributed by atoms with Crippen LogP contribution >= 0.6 is 0 Å². The van der Waals surface area contributed by atoms with E-state index in [1.54, 1.807) is 6.07 Å². The first kappa shape index (κ1) is 17.7. The van der Waals surface area contributed by atoms with Crippen molar-refractivity contribution in [2.24, 2.45) is 0 Å². The van der Waals surface area contributed by atoms with Crippen molar-refractivity contribution in [1.82, 2.24) is 5.32 Å². The quantitative estimate of drug-likeness (QED) is 0.663. The first-order valence-corrected chi connectivity index (χ1v) is 8.60. The second-order valence-electron chi connectivity index (χ2n) is 6.13. The molecule has 0 aliphatic heterocycles. The predicted molar refractivity (Wildman–Crippen MR) is 103 cm³/mol. The fourth-order valence-corrected chi connectivity index (χ4v) is 2.94. The molecule has 0 atom stereocenters. The van der Waals surface area contributed by atoms with Crippen LogP contribution in [0, 0.1) is 6.92 Å². The number of aldehydes is 1. The van der Waals surface area contributed by atoms with Crippen molar-refractivity contribution < 1.29 is 14.3 Å². The van der Waals surface area contributed by atoms with Crippen LogP contribution in [0.4, 0.5) is 0 Å². The van der Waals surface area contributed by atoms with Gasteiger partial charge in [0.2, 0.25) is 0 Å². The number of fused-ring (bicyclic) bond motifs is 1. The third kappa shape index (κ3) is 4.09. The van der Waals surface area contributed by atoms with Gasteiger partial charge >= 0.3 is 0 Å². The van der Waals surface area contributed by atoms with Crippen molar-refractivity contribution >= 4 is 23.0 Å². The van der Waals surface area contributed by atoms with E-state index < -0.39 is 0 Å². The maximum atomic E-state index is 12.0. The standard InChI is InChI=1S/C22H21NO3/c1-16-6-2-3-7-17(16)12-13-23-22(25)15-26-21-11-10-18-8-4-5-9-19(18)20(21)14-24/h2-11,14H,12-13,15H2,1H3,(H,23,25). The van der Waals surface area contributed by atoms with Gasteiger partial charge in [-0.1, -0.05) is 54.6 Å². The lowest BCUT2D eigenvalue weighted by molar-refractivity contribution is -0.123. The average Bonchev–Trinajstić information content (AvgIpc) is 2.67. The maximum Gasteiger partial charge on any atom is 0.257 e. The van der Waals surface area contributed by atoms with Gasteiger partial charge in [-0.2, -0.15) is 0 Å². The molecule has 0 aliphatic carbocycles. The molecule has 0 spiro atoms. The van der Waals surface area contributed by atoms with E-state index in [2.05, 4.69) is 24.4 Å². The summed E-state index contributed by atoms with van der Waals surface area (Å²) in [5.74, 6) is 0.219. The minimum atomic E-state index is -0.205. The van der Waals surface area contributed by atoms with Gasteiger partial charge in [-0.25, -0.2) is 0 Å². The highest BCUT2D eigenvalue weighted by Crippen LogP contribution is 2.26. The van der Waals surface area contributed by atoms with Crippen LogP contribution in [0.5, 0.6) is 5.75 Å². The van der Waals surface area contributed by atoms with E-state index >= 15 is 0 Å². The maximum absolute atomic E-state index is 12.0.